The zero-order chi connectivity index (χ0) is 37.9. The predicted molar refractivity (Wildman–Crippen MR) is 211 cm³/mol. The normalized spacial score (nSPS) is 30.8. The van der Waals surface area contributed by atoms with Gasteiger partial charge in [-0.25, -0.2) is 0 Å². The van der Waals surface area contributed by atoms with Crippen molar-refractivity contribution in [3.8, 4) is 0 Å². The van der Waals surface area contributed by atoms with E-state index >= 15 is 0 Å². The lowest BCUT2D eigenvalue weighted by Gasteiger charge is -2.44. The van der Waals surface area contributed by atoms with E-state index < -0.39 is 52.8 Å². The highest BCUT2D eigenvalue weighted by atomic mass is 28.6. The molecule has 6 aromatic rings. The molecule has 1 fully saturated rings. The molecule has 6 N–H and O–H groups in total. The lowest BCUT2D eigenvalue weighted by molar-refractivity contribution is 0.0956. The highest BCUT2D eigenvalue weighted by Gasteiger charge is 2.68. The van der Waals surface area contributed by atoms with Gasteiger partial charge in [0.25, 0.3) is 0 Å². The van der Waals surface area contributed by atoms with Crippen LogP contribution in [0, 0.1) is 0 Å². The maximum atomic E-state index is 12.8. The van der Waals surface area contributed by atoms with E-state index in [9.17, 15) is 28.8 Å². The molecule has 0 radical (unpaired) electrons. The van der Waals surface area contributed by atoms with Crippen LogP contribution in [-0.2, 0) is 24.7 Å². The summed E-state index contributed by atoms with van der Waals surface area (Å²) in [4.78, 5) is 76.9. The van der Waals surface area contributed by atoms with Crippen LogP contribution >= 0.6 is 0 Å². The number of hydrogen-bond donors (Lipinski definition) is 6. The third-order valence-corrected chi connectivity index (χ3v) is 28.2. The molecular weight excluding hydrogens is 793 g/mol. The highest BCUT2D eigenvalue weighted by molar-refractivity contribution is 7.00. The van der Waals surface area contributed by atoms with Gasteiger partial charge in [0.1, 0.15) is 0 Å². The third-order valence-electron chi connectivity index (χ3n) is 8.49. The zero-order valence-corrected chi connectivity index (χ0v) is 34.5. The van der Waals surface area contributed by atoms with Crippen molar-refractivity contribution in [2.75, 3.05) is 0 Å². The van der Waals surface area contributed by atoms with Crippen LogP contribution in [0.25, 0.3) is 0 Å². The number of hydrogen-bond acceptors (Lipinski definition) is 12. The second-order valence-electron chi connectivity index (χ2n) is 12.3. The molecule has 0 bridgehead atoms. The fourth-order valence-corrected chi connectivity index (χ4v) is 27.4. The van der Waals surface area contributed by atoms with Crippen molar-refractivity contribution in [3.63, 3.8) is 0 Å². The molecule has 0 unspecified atom stereocenters. The first-order chi connectivity index (χ1) is 25.9. The fourth-order valence-electron chi connectivity index (χ4n) is 5.85. The Morgan fingerprint density at radius 1 is 0.204 bits per heavy atom. The summed E-state index contributed by atoms with van der Waals surface area (Å²) in [6.07, 6.45) is 0. The molecule has 18 heteroatoms. The number of benzene rings is 6. The van der Waals surface area contributed by atoms with Crippen molar-refractivity contribution < 1.29 is 53.5 Å². The van der Waals surface area contributed by atoms with Crippen LogP contribution in [0.4, 0.5) is 0 Å². The first-order valence-corrected chi connectivity index (χ1v) is 27.3. The topological polar surface area (TPSA) is 177 Å². The van der Waals surface area contributed by atoms with Gasteiger partial charge >= 0.3 is 52.8 Å². The van der Waals surface area contributed by atoms with E-state index in [0.29, 0.717) is 0 Å². The molecule has 0 amide bonds. The molecule has 7 rings (SSSR count). The summed E-state index contributed by atoms with van der Waals surface area (Å²) in [6, 6.07) is 47.0. The molecular formula is C36H36O12Si6. The Morgan fingerprint density at radius 3 is 0.426 bits per heavy atom. The van der Waals surface area contributed by atoms with Gasteiger partial charge in [-0.2, -0.15) is 0 Å². The zero-order valence-electron chi connectivity index (χ0n) is 28.5. The molecule has 0 atom stereocenters. The van der Waals surface area contributed by atoms with Gasteiger partial charge in [-0.15, -0.1) is 0 Å². The first kappa shape index (κ1) is 38.4. The Bertz CT molecular complexity index is 1720. The third kappa shape index (κ3) is 7.93. The quantitative estimate of drug-likeness (QED) is 0.115. The van der Waals surface area contributed by atoms with Crippen molar-refractivity contribution in [2.45, 2.75) is 0 Å². The molecule has 12 nitrogen and oxygen atoms in total. The van der Waals surface area contributed by atoms with E-state index in [-0.39, 0.29) is 31.1 Å². The van der Waals surface area contributed by atoms with Crippen LogP contribution in [0.2, 0.25) is 0 Å². The maximum absolute atomic E-state index is 12.8. The van der Waals surface area contributed by atoms with Crippen LogP contribution in [0.5, 0.6) is 0 Å². The second kappa shape index (κ2) is 15.3. The van der Waals surface area contributed by atoms with Crippen molar-refractivity contribution >= 4 is 83.9 Å². The van der Waals surface area contributed by atoms with E-state index in [4.69, 9.17) is 24.7 Å². The summed E-state index contributed by atoms with van der Waals surface area (Å²) >= 11 is 0. The van der Waals surface area contributed by atoms with Gasteiger partial charge in [-0.3, -0.25) is 0 Å². The Morgan fingerprint density at radius 2 is 0.315 bits per heavy atom. The minimum Gasteiger partial charge on any atom is -0.387 e. The standard InChI is InChI=1S/C36H36O12Si6/c37-49(31-19-7-1-8-20-31)43-50(38,32-21-9-2-10-22-32)45-52(40,34-25-13-4-14-26-34)47-54(42,36-29-17-6-18-30-36)48-53(41,35-27-15-5-16-28-35)46-51(39,44-49)33-23-11-3-12-24-33/h1-30,37-42H/t49-,50-,51-,52+,53-,54+. The van der Waals surface area contributed by atoms with Gasteiger partial charge in [-0.05, 0) is 0 Å². The average molecular weight is 829 g/mol. The van der Waals surface area contributed by atoms with Crippen molar-refractivity contribution in [3.05, 3.63) is 182 Å². The van der Waals surface area contributed by atoms with Crippen LogP contribution in [0.1, 0.15) is 0 Å². The monoisotopic (exact) mass is 828 g/mol. The fraction of sp³-hybridized carbons (Fsp3) is 0. The molecule has 1 aliphatic heterocycles. The highest BCUT2D eigenvalue weighted by Crippen LogP contribution is 2.28. The lowest BCUT2D eigenvalue weighted by Crippen LogP contribution is -2.80. The van der Waals surface area contributed by atoms with Crippen molar-refractivity contribution in [2.24, 2.45) is 0 Å². The molecule has 54 heavy (non-hydrogen) atoms. The predicted octanol–water partition coefficient (Wildman–Crippen LogP) is -0.870. The largest absolute Gasteiger partial charge is 0.520 e. The van der Waals surface area contributed by atoms with Crippen molar-refractivity contribution in [1.82, 2.24) is 0 Å². The molecule has 276 valence electrons. The molecule has 0 aliphatic carbocycles. The van der Waals surface area contributed by atoms with Gasteiger partial charge in [-0.1, -0.05) is 182 Å². The van der Waals surface area contributed by atoms with Crippen LogP contribution in [0.3, 0.4) is 0 Å². The van der Waals surface area contributed by atoms with Gasteiger partial charge in [0.2, 0.25) is 0 Å². The molecule has 1 aliphatic rings. The Hall–Kier alpha value is -3.86. The lowest BCUT2D eigenvalue weighted by atomic mass is 10.4. The van der Waals surface area contributed by atoms with Gasteiger partial charge in [0, 0.05) is 31.1 Å². The van der Waals surface area contributed by atoms with Crippen LogP contribution in [-0.4, -0.2) is 81.6 Å². The van der Waals surface area contributed by atoms with Gasteiger partial charge in [0.15, 0.2) is 0 Å². The van der Waals surface area contributed by atoms with Crippen LogP contribution in [0.15, 0.2) is 182 Å². The molecule has 0 spiro atoms. The average Bonchev–Trinajstić information content (AvgIpc) is 3.19. The van der Waals surface area contributed by atoms with E-state index in [1.54, 1.807) is 109 Å². The van der Waals surface area contributed by atoms with Gasteiger partial charge in [0.05, 0.1) is 0 Å². The summed E-state index contributed by atoms with van der Waals surface area (Å²) in [6.45, 7) is 0. The van der Waals surface area contributed by atoms with Gasteiger partial charge < -0.3 is 53.5 Å². The molecule has 6 aromatic carbocycles. The summed E-state index contributed by atoms with van der Waals surface area (Å²) in [7, 11) is -31.3. The Balaban J connectivity index is 1.54. The van der Waals surface area contributed by atoms with Crippen LogP contribution < -0.4 is 31.1 Å². The maximum Gasteiger partial charge on any atom is 0.520 e. The Kier molecular flexibility index (Phi) is 10.9. The SMILES string of the molecule is O[Si@]1(c2ccccc2)O[Si@](O)(c2ccccc2)O[Si@@](O)(c2ccccc2)O[Si@@](O)(c2ccccc2)O[Si@@](O)(c2ccccc2)O[Si@@](O)(c2ccccc2)O1. The van der Waals surface area contributed by atoms with E-state index in [1.165, 1.54) is 72.8 Å². The Labute approximate surface area is 318 Å². The van der Waals surface area contributed by atoms with E-state index in [1.807, 2.05) is 0 Å². The van der Waals surface area contributed by atoms with Crippen molar-refractivity contribution in [1.29, 1.82) is 0 Å². The van der Waals surface area contributed by atoms with E-state index in [0.717, 1.165) is 0 Å². The number of rotatable bonds is 6. The minimum absolute atomic E-state index is 0.0183. The molecule has 0 saturated carbocycles. The summed E-state index contributed by atoms with van der Waals surface area (Å²) in [5, 5.41) is 0.110. The summed E-state index contributed by atoms with van der Waals surface area (Å²) in [5.41, 5.74) is 0. The summed E-state index contributed by atoms with van der Waals surface area (Å²) in [5.74, 6) is 0. The molecule has 0 aromatic heterocycles. The summed E-state index contributed by atoms with van der Waals surface area (Å²) < 4.78 is 38.5. The molecule has 1 heterocycles. The molecule has 1 saturated heterocycles. The smallest absolute Gasteiger partial charge is 0.387 e. The minimum atomic E-state index is -5.22. The first-order valence-electron chi connectivity index (χ1n) is 16.8. The second-order valence-corrected chi connectivity index (χ2v) is 27.6. The van der Waals surface area contributed by atoms with E-state index in [2.05, 4.69) is 0 Å².